The van der Waals surface area contributed by atoms with Crippen LogP contribution in [0.15, 0.2) is 30.5 Å². The Kier molecular flexibility index (Phi) is 9.00. The van der Waals surface area contributed by atoms with Gasteiger partial charge >= 0.3 is 12.1 Å². The molecule has 1 aromatic carbocycles. The molecule has 2 heterocycles. The van der Waals surface area contributed by atoms with E-state index in [-0.39, 0.29) is 23.7 Å². The summed E-state index contributed by atoms with van der Waals surface area (Å²) in [5.74, 6) is 0.380. The standard InChI is InChI=1S/C27H40N2O5/c1-17(2)21(15-23(28-27(31)32)25-16-22(18(3)4)26(30)34-25)13-19-7-8-20-9-11-29(24(20)14-19)10-6-12-33-5/h7-9,11,14,17-18,21-23,25,28H,6,10,12-13,15-16H2,1-5H3,(H,31,32). The summed E-state index contributed by atoms with van der Waals surface area (Å²) >= 11 is 0. The normalized spacial score (nSPS) is 20.1. The Morgan fingerprint density at radius 2 is 2.03 bits per heavy atom. The summed E-state index contributed by atoms with van der Waals surface area (Å²) < 4.78 is 13.1. The number of rotatable bonds is 12. The van der Waals surface area contributed by atoms with Crippen molar-refractivity contribution < 1.29 is 24.2 Å². The maximum absolute atomic E-state index is 12.3. The van der Waals surface area contributed by atoms with Gasteiger partial charge in [0.25, 0.3) is 0 Å². The summed E-state index contributed by atoms with van der Waals surface area (Å²) in [5.41, 5.74) is 2.44. The number of amides is 1. The third-order valence-electron chi connectivity index (χ3n) is 7.20. The van der Waals surface area contributed by atoms with Gasteiger partial charge in [0.2, 0.25) is 0 Å². The molecule has 1 aromatic heterocycles. The van der Waals surface area contributed by atoms with E-state index in [1.165, 1.54) is 16.5 Å². The summed E-state index contributed by atoms with van der Waals surface area (Å²) in [4.78, 5) is 23.9. The number of nitrogens with one attached hydrogen (secondary N) is 1. The molecule has 0 aliphatic carbocycles. The van der Waals surface area contributed by atoms with E-state index in [1.807, 2.05) is 13.8 Å². The Morgan fingerprint density at radius 1 is 1.26 bits per heavy atom. The van der Waals surface area contributed by atoms with E-state index in [9.17, 15) is 14.7 Å². The highest BCUT2D eigenvalue weighted by atomic mass is 16.6. The third kappa shape index (κ3) is 6.53. The highest BCUT2D eigenvalue weighted by molar-refractivity contribution is 5.80. The summed E-state index contributed by atoms with van der Waals surface area (Å²) in [5, 5.41) is 13.4. The largest absolute Gasteiger partial charge is 0.465 e. The van der Waals surface area contributed by atoms with Crippen molar-refractivity contribution >= 4 is 23.0 Å². The molecule has 3 rings (SSSR count). The molecule has 188 valence electrons. The fraction of sp³-hybridized carbons (Fsp3) is 0.630. The van der Waals surface area contributed by atoms with Crippen LogP contribution in [0, 0.1) is 23.7 Å². The highest BCUT2D eigenvalue weighted by Crippen LogP contribution is 2.33. The Hall–Kier alpha value is -2.54. The molecule has 2 aromatic rings. The second kappa shape index (κ2) is 11.7. The third-order valence-corrected chi connectivity index (χ3v) is 7.20. The molecule has 0 radical (unpaired) electrons. The maximum atomic E-state index is 12.3. The van der Waals surface area contributed by atoms with Crippen molar-refractivity contribution in [2.75, 3.05) is 13.7 Å². The van der Waals surface area contributed by atoms with E-state index in [0.717, 1.165) is 26.0 Å². The summed E-state index contributed by atoms with van der Waals surface area (Å²) in [6, 6.07) is 8.30. The molecular weight excluding hydrogens is 432 g/mol. The first-order valence-corrected chi connectivity index (χ1v) is 12.5. The van der Waals surface area contributed by atoms with Crippen LogP contribution in [0.3, 0.4) is 0 Å². The number of cyclic esters (lactones) is 1. The minimum absolute atomic E-state index is 0.172. The van der Waals surface area contributed by atoms with Crippen molar-refractivity contribution in [2.45, 2.75) is 72.1 Å². The van der Waals surface area contributed by atoms with Crippen LogP contribution >= 0.6 is 0 Å². The number of aryl methyl sites for hydroxylation is 1. The number of carbonyl (C=O) groups excluding carboxylic acids is 1. The zero-order valence-corrected chi connectivity index (χ0v) is 21.1. The Labute approximate surface area is 202 Å². The summed E-state index contributed by atoms with van der Waals surface area (Å²) in [6.45, 7) is 10.00. The molecule has 0 bridgehead atoms. The number of nitrogens with zero attached hydrogens (tertiary/aromatic N) is 1. The van der Waals surface area contributed by atoms with Gasteiger partial charge in [-0.25, -0.2) is 4.79 Å². The van der Waals surface area contributed by atoms with Gasteiger partial charge in [-0.05, 0) is 66.5 Å². The number of carbonyl (C=O) groups is 2. The van der Waals surface area contributed by atoms with Gasteiger partial charge in [-0.2, -0.15) is 0 Å². The Morgan fingerprint density at radius 3 is 2.65 bits per heavy atom. The number of esters is 1. The zero-order chi connectivity index (χ0) is 24.8. The number of carboxylic acid groups (broad SMARTS) is 1. The van der Waals surface area contributed by atoms with Crippen LogP contribution in [-0.2, 0) is 27.2 Å². The van der Waals surface area contributed by atoms with E-state index >= 15 is 0 Å². The summed E-state index contributed by atoms with van der Waals surface area (Å²) in [7, 11) is 1.72. The summed E-state index contributed by atoms with van der Waals surface area (Å²) in [6.07, 6.45) is 3.61. The average molecular weight is 473 g/mol. The van der Waals surface area contributed by atoms with Gasteiger partial charge in [-0.15, -0.1) is 0 Å². The van der Waals surface area contributed by atoms with Gasteiger partial charge in [0.15, 0.2) is 0 Å². The number of benzene rings is 1. The molecule has 34 heavy (non-hydrogen) atoms. The van der Waals surface area contributed by atoms with Crippen LogP contribution in [-0.4, -0.2) is 47.6 Å². The van der Waals surface area contributed by atoms with Crippen molar-refractivity contribution in [3.8, 4) is 0 Å². The van der Waals surface area contributed by atoms with Crippen molar-refractivity contribution in [1.82, 2.24) is 9.88 Å². The molecule has 2 N–H and O–H groups in total. The van der Waals surface area contributed by atoms with E-state index in [4.69, 9.17) is 9.47 Å². The van der Waals surface area contributed by atoms with Crippen LogP contribution < -0.4 is 5.32 Å². The molecule has 4 atom stereocenters. The number of hydrogen-bond acceptors (Lipinski definition) is 4. The lowest BCUT2D eigenvalue weighted by atomic mass is 9.81. The lowest BCUT2D eigenvalue weighted by Crippen LogP contribution is -2.44. The van der Waals surface area contributed by atoms with Gasteiger partial charge in [-0.3, -0.25) is 4.79 Å². The van der Waals surface area contributed by atoms with Crippen LogP contribution in [0.1, 0.15) is 52.5 Å². The molecule has 7 heteroatoms. The SMILES string of the molecule is COCCCn1ccc2ccc(CC(CC(NC(=O)O)C3CC(C(C)C)C(=O)O3)C(C)C)cc21. The first-order chi connectivity index (χ1) is 16.2. The van der Waals surface area contributed by atoms with Crippen LogP contribution in [0.2, 0.25) is 0 Å². The molecule has 4 unspecified atom stereocenters. The van der Waals surface area contributed by atoms with Crippen molar-refractivity contribution in [3.63, 3.8) is 0 Å². The smallest absolute Gasteiger partial charge is 0.405 e. The van der Waals surface area contributed by atoms with Gasteiger partial charge in [0.05, 0.1) is 12.0 Å². The Bertz CT molecular complexity index is 967. The molecule has 7 nitrogen and oxygen atoms in total. The number of fused-ring (bicyclic) bond motifs is 1. The highest BCUT2D eigenvalue weighted by Gasteiger charge is 2.41. The molecular formula is C27H40N2O5. The number of hydrogen-bond donors (Lipinski definition) is 2. The number of ether oxygens (including phenoxy) is 2. The minimum Gasteiger partial charge on any atom is -0.465 e. The second-order valence-corrected chi connectivity index (χ2v) is 10.3. The lowest BCUT2D eigenvalue weighted by molar-refractivity contribution is -0.146. The topological polar surface area (TPSA) is 89.8 Å². The average Bonchev–Trinajstić information content (AvgIpc) is 3.36. The maximum Gasteiger partial charge on any atom is 0.405 e. The second-order valence-electron chi connectivity index (χ2n) is 10.3. The molecule has 1 aliphatic rings. The first-order valence-electron chi connectivity index (χ1n) is 12.5. The quantitative estimate of drug-likeness (QED) is 0.331. The molecule has 1 aliphatic heterocycles. The van der Waals surface area contributed by atoms with Crippen LogP contribution in [0.5, 0.6) is 0 Å². The van der Waals surface area contributed by atoms with E-state index in [2.05, 4.69) is 54.2 Å². The molecule has 1 amide bonds. The monoisotopic (exact) mass is 472 g/mol. The predicted molar refractivity (Wildman–Crippen MR) is 133 cm³/mol. The molecule has 0 spiro atoms. The lowest BCUT2D eigenvalue weighted by Gasteiger charge is -2.29. The minimum atomic E-state index is -1.08. The van der Waals surface area contributed by atoms with Crippen molar-refractivity contribution in [3.05, 3.63) is 36.0 Å². The Balaban J connectivity index is 1.76. The first kappa shape index (κ1) is 26.1. The predicted octanol–water partition coefficient (Wildman–Crippen LogP) is 5.11. The number of methoxy groups -OCH3 is 1. The van der Waals surface area contributed by atoms with E-state index < -0.39 is 18.2 Å². The fourth-order valence-corrected chi connectivity index (χ4v) is 5.03. The van der Waals surface area contributed by atoms with Crippen LogP contribution in [0.4, 0.5) is 4.79 Å². The molecule has 1 saturated heterocycles. The van der Waals surface area contributed by atoms with Gasteiger partial charge < -0.3 is 24.5 Å². The van der Waals surface area contributed by atoms with Crippen molar-refractivity contribution in [1.29, 1.82) is 0 Å². The molecule has 1 fully saturated rings. The van der Waals surface area contributed by atoms with Gasteiger partial charge in [0.1, 0.15) is 6.10 Å². The molecule has 0 saturated carbocycles. The van der Waals surface area contributed by atoms with Gasteiger partial charge in [0, 0.05) is 32.0 Å². The van der Waals surface area contributed by atoms with Crippen LogP contribution in [0.25, 0.3) is 10.9 Å². The van der Waals surface area contributed by atoms with E-state index in [1.54, 1.807) is 7.11 Å². The number of aromatic nitrogens is 1. The zero-order valence-electron chi connectivity index (χ0n) is 21.1. The van der Waals surface area contributed by atoms with Gasteiger partial charge in [-0.1, -0.05) is 39.8 Å². The van der Waals surface area contributed by atoms with E-state index in [0.29, 0.717) is 18.8 Å². The fourth-order valence-electron chi connectivity index (χ4n) is 5.03. The van der Waals surface area contributed by atoms with Crippen molar-refractivity contribution in [2.24, 2.45) is 23.7 Å².